The molecule has 3 aromatic rings. The van der Waals surface area contributed by atoms with E-state index < -0.39 is 0 Å². The number of aryl methyl sites for hydroxylation is 2. The molecule has 0 aliphatic rings. The minimum Gasteiger partial charge on any atom is -0.301 e. The summed E-state index contributed by atoms with van der Waals surface area (Å²) < 4.78 is 1.62. The zero-order valence-electron chi connectivity index (χ0n) is 12.6. The molecule has 0 atom stereocenters. The Hall–Kier alpha value is -2.26. The van der Waals surface area contributed by atoms with Gasteiger partial charge in [-0.3, -0.25) is 4.79 Å². The van der Waals surface area contributed by atoms with Crippen LogP contribution < -0.4 is 5.32 Å². The molecule has 0 unspecified atom stereocenters. The van der Waals surface area contributed by atoms with Crippen molar-refractivity contribution in [1.29, 1.82) is 0 Å². The number of anilines is 1. The Morgan fingerprint density at radius 3 is 2.78 bits per heavy atom. The third kappa shape index (κ3) is 3.93. The van der Waals surface area contributed by atoms with Gasteiger partial charge in [-0.2, -0.15) is 4.68 Å². The lowest BCUT2D eigenvalue weighted by atomic mass is 10.2. The number of hydrogen-bond donors (Lipinski definition) is 1. The van der Waals surface area contributed by atoms with Gasteiger partial charge in [0, 0.05) is 5.38 Å². The van der Waals surface area contributed by atoms with Crippen LogP contribution >= 0.6 is 23.1 Å². The molecular weight excluding hydrogens is 332 g/mol. The molecule has 0 radical (unpaired) electrons. The predicted molar refractivity (Wildman–Crippen MR) is 90.1 cm³/mol. The van der Waals surface area contributed by atoms with Gasteiger partial charge in [-0.05, 0) is 36.4 Å². The van der Waals surface area contributed by atoms with Crippen LogP contribution in [0.3, 0.4) is 0 Å². The summed E-state index contributed by atoms with van der Waals surface area (Å²) in [5.74, 6) is 0.0769. The lowest BCUT2D eigenvalue weighted by Crippen LogP contribution is -2.14. The first-order valence-electron chi connectivity index (χ1n) is 6.82. The van der Waals surface area contributed by atoms with Gasteiger partial charge in [-0.25, -0.2) is 4.98 Å². The number of hydrogen-bond acceptors (Lipinski definition) is 7. The highest BCUT2D eigenvalue weighted by molar-refractivity contribution is 7.99. The second-order valence-electron chi connectivity index (χ2n) is 4.84. The molecule has 3 rings (SSSR count). The number of thioether (sulfide) groups is 1. The van der Waals surface area contributed by atoms with E-state index in [9.17, 15) is 4.79 Å². The normalized spacial score (nSPS) is 10.7. The molecule has 2 aromatic heterocycles. The van der Waals surface area contributed by atoms with Gasteiger partial charge in [0.15, 0.2) is 5.13 Å². The zero-order chi connectivity index (χ0) is 16.2. The van der Waals surface area contributed by atoms with E-state index in [-0.39, 0.29) is 11.7 Å². The number of aromatic nitrogens is 5. The van der Waals surface area contributed by atoms with E-state index in [1.807, 2.05) is 43.5 Å². The van der Waals surface area contributed by atoms with Crippen molar-refractivity contribution in [3.8, 4) is 5.69 Å². The fourth-order valence-corrected chi connectivity index (χ4v) is 3.21. The van der Waals surface area contributed by atoms with Crippen LogP contribution in [0.2, 0.25) is 0 Å². The maximum absolute atomic E-state index is 12.0. The molecular formula is C14H14N6OS2. The van der Waals surface area contributed by atoms with Crippen molar-refractivity contribution in [2.24, 2.45) is 0 Å². The Labute approximate surface area is 141 Å². The Morgan fingerprint density at radius 1 is 1.30 bits per heavy atom. The fourth-order valence-electron chi connectivity index (χ4n) is 1.81. The minimum atomic E-state index is -0.136. The van der Waals surface area contributed by atoms with E-state index >= 15 is 0 Å². The van der Waals surface area contributed by atoms with E-state index in [1.54, 1.807) is 4.68 Å². The molecule has 1 N–H and O–H groups in total. The van der Waals surface area contributed by atoms with E-state index in [2.05, 4.69) is 25.8 Å². The summed E-state index contributed by atoms with van der Waals surface area (Å²) in [6.45, 7) is 3.90. The van der Waals surface area contributed by atoms with Crippen LogP contribution in [0.5, 0.6) is 0 Å². The summed E-state index contributed by atoms with van der Waals surface area (Å²) in [6, 6.07) is 7.86. The second kappa shape index (κ2) is 6.88. The van der Waals surface area contributed by atoms with Gasteiger partial charge >= 0.3 is 0 Å². The van der Waals surface area contributed by atoms with Crippen molar-refractivity contribution >= 4 is 34.1 Å². The first kappa shape index (κ1) is 15.6. The van der Waals surface area contributed by atoms with E-state index in [1.165, 1.54) is 23.1 Å². The fraction of sp³-hybridized carbons (Fsp3) is 0.214. The lowest BCUT2D eigenvalue weighted by molar-refractivity contribution is -0.113. The van der Waals surface area contributed by atoms with Crippen LogP contribution in [0.15, 0.2) is 34.8 Å². The van der Waals surface area contributed by atoms with Gasteiger partial charge in [-0.15, -0.1) is 16.4 Å². The van der Waals surface area contributed by atoms with E-state index in [0.717, 1.165) is 16.9 Å². The largest absolute Gasteiger partial charge is 0.301 e. The standard InChI is InChI=1S/C14H14N6OS2/c1-9-3-5-11(6-4-9)20-14(17-18-19-20)23-8-12(21)16-13-15-10(2)7-22-13/h3-7H,8H2,1-2H3,(H,15,16,21). The molecule has 0 aliphatic carbocycles. The second-order valence-corrected chi connectivity index (χ2v) is 6.64. The van der Waals surface area contributed by atoms with Crippen LogP contribution in [0.25, 0.3) is 5.69 Å². The summed E-state index contributed by atoms with van der Waals surface area (Å²) in [5.41, 5.74) is 2.91. The molecule has 0 fully saturated rings. The summed E-state index contributed by atoms with van der Waals surface area (Å²) in [5, 5.41) is 17.5. The van der Waals surface area contributed by atoms with Crippen LogP contribution in [0.1, 0.15) is 11.3 Å². The molecule has 0 saturated carbocycles. The number of benzene rings is 1. The first-order chi connectivity index (χ1) is 11.1. The monoisotopic (exact) mass is 346 g/mol. The maximum Gasteiger partial charge on any atom is 0.236 e. The number of carbonyl (C=O) groups excluding carboxylic acids is 1. The topological polar surface area (TPSA) is 85.6 Å². The van der Waals surface area contributed by atoms with E-state index in [0.29, 0.717) is 10.3 Å². The predicted octanol–water partition coefficient (Wildman–Crippen LogP) is 2.47. The van der Waals surface area contributed by atoms with Crippen LogP contribution in [0, 0.1) is 13.8 Å². The quantitative estimate of drug-likeness (QED) is 0.714. The van der Waals surface area contributed by atoms with Gasteiger partial charge in [0.2, 0.25) is 11.1 Å². The van der Waals surface area contributed by atoms with Crippen molar-refractivity contribution in [2.75, 3.05) is 11.1 Å². The molecule has 7 nitrogen and oxygen atoms in total. The lowest BCUT2D eigenvalue weighted by Gasteiger charge is -2.04. The van der Waals surface area contributed by atoms with E-state index in [4.69, 9.17) is 0 Å². The molecule has 23 heavy (non-hydrogen) atoms. The number of nitrogens with one attached hydrogen (secondary N) is 1. The SMILES string of the molecule is Cc1ccc(-n2nnnc2SCC(=O)Nc2nc(C)cs2)cc1. The Bertz CT molecular complexity index is 811. The number of tetrazole rings is 1. The van der Waals surface area contributed by atoms with Gasteiger partial charge < -0.3 is 5.32 Å². The van der Waals surface area contributed by atoms with Gasteiger partial charge in [0.05, 0.1) is 17.1 Å². The van der Waals surface area contributed by atoms with Crippen molar-refractivity contribution in [2.45, 2.75) is 19.0 Å². The minimum absolute atomic E-state index is 0.136. The van der Waals surface area contributed by atoms with Crippen molar-refractivity contribution in [3.63, 3.8) is 0 Å². The molecule has 1 aromatic carbocycles. The van der Waals surface area contributed by atoms with Gasteiger partial charge in [0.25, 0.3) is 0 Å². The highest BCUT2D eigenvalue weighted by atomic mass is 32.2. The Morgan fingerprint density at radius 2 is 2.09 bits per heavy atom. The highest BCUT2D eigenvalue weighted by Gasteiger charge is 2.12. The van der Waals surface area contributed by atoms with Crippen molar-refractivity contribution in [1.82, 2.24) is 25.2 Å². The zero-order valence-corrected chi connectivity index (χ0v) is 14.2. The average Bonchev–Trinajstić information content (AvgIpc) is 3.15. The number of rotatable bonds is 5. The van der Waals surface area contributed by atoms with Crippen molar-refractivity contribution < 1.29 is 4.79 Å². The van der Waals surface area contributed by atoms with Crippen LogP contribution in [0.4, 0.5) is 5.13 Å². The number of thiazole rings is 1. The average molecular weight is 346 g/mol. The molecule has 2 heterocycles. The molecule has 1 amide bonds. The molecule has 0 bridgehead atoms. The number of nitrogens with zero attached hydrogens (tertiary/aromatic N) is 5. The Kier molecular flexibility index (Phi) is 4.68. The first-order valence-corrected chi connectivity index (χ1v) is 8.68. The van der Waals surface area contributed by atoms with Crippen LogP contribution in [-0.4, -0.2) is 36.9 Å². The molecule has 118 valence electrons. The number of carbonyl (C=O) groups is 1. The summed E-state index contributed by atoms with van der Waals surface area (Å²) in [6.07, 6.45) is 0. The smallest absolute Gasteiger partial charge is 0.236 e. The highest BCUT2D eigenvalue weighted by Crippen LogP contribution is 2.19. The van der Waals surface area contributed by atoms with Gasteiger partial charge in [-0.1, -0.05) is 29.5 Å². The molecule has 0 aliphatic heterocycles. The number of amides is 1. The molecule has 0 saturated heterocycles. The molecule has 0 spiro atoms. The third-order valence-corrected chi connectivity index (χ3v) is 4.71. The van der Waals surface area contributed by atoms with Gasteiger partial charge in [0.1, 0.15) is 0 Å². The Balaban J connectivity index is 1.64. The summed E-state index contributed by atoms with van der Waals surface area (Å²) in [7, 11) is 0. The maximum atomic E-state index is 12.0. The summed E-state index contributed by atoms with van der Waals surface area (Å²) in [4.78, 5) is 16.2. The van der Waals surface area contributed by atoms with Crippen molar-refractivity contribution in [3.05, 3.63) is 40.9 Å². The molecule has 9 heteroatoms. The third-order valence-electron chi connectivity index (χ3n) is 2.92. The van der Waals surface area contributed by atoms with Crippen LogP contribution in [-0.2, 0) is 4.79 Å². The summed E-state index contributed by atoms with van der Waals surface area (Å²) >= 11 is 2.68.